The highest BCUT2D eigenvalue weighted by molar-refractivity contribution is 7.08. The molecule has 3 heterocycles. The first-order chi connectivity index (χ1) is 9.40. The van der Waals surface area contributed by atoms with Crippen molar-refractivity contribution in [2.45, 2.75) is 6.42 Å². The predicted octanol–water partition coefficient (Wildman–Crippen LogP) is 2.80. The van der Waals surface area contributed by atoms with Crippen molar-refractivity contribution in [1.82, 2.24) is 4.98 Å². The van der Waals surface area contributed by atoms with Gasteiger partial charge in [0, 0.05) is 37.4 Å². The molecule has 1 aliphatic heterocycles. The Hall–Kier alpha value is -1.59. The lowest BCUT2D eigenvalue weighted by atomic mass is 10.0. The molecule has 0 amide bonds. The normalized spacial score (nSPS) is 13.1. The van der Waals surface area contributed by atoms with Crippen LogP contribution in [0.5, 0.6) is 5.75 Å². The Kier molecular flexibility index (Phi) is 3.66. The van der Waals surface area contributed by atoms with E-state index in [4.69, 9.17) is 9.47 Å². The van der Waals surface area contributed by atoms with Crippen LogP contribution in [0, 0.1) is 0 Å². The minimum Gasteiger partial charge on any atom is -0.489 e. The number of nitrogens with one attached hydrogen (secondary N) is 1. The van der Waals surface area contributed by atoms with Gasteiger partial charge in [-0.05, 0) is 22.4 Å². The molecule has 0 unspecified atom stereocenters. The number of ether oxygens (including phenoxy) is 2. The minimum absolute atomic E-state index is 0.655. The second kappa shape index (κ2) is 5.59. The maximum absolute atomic E-state index is 5.74. The van der Waals surface area contributed by atoms with E-state index in [9.17, 15) is 0 Å². The summed E-state index contributed by atoms with van der Waals surface area (Å²) in [7, 11) is 1.69. The zero-order chi connectivity index (χ0) is 13.1. The minimum atomic E-state index is 0.655. The fourth-order valence-electron chi connectivity index (χ4n) is 2.25. The summed E-state index contributed by atoms with van der Waals surface area (Å²) in [4.78, 5) is 4.49. The fourth-order valence-corrected chi connectivity index (χ4v) is 2.91. The van der Waals surface area contributed by atoms with E-state index in [0.717, 1.165) is 31.1 Å². The molecular weight excluding hydrogens is 260 g/mol. The molecule has 0 aliphatic carbocycles. The van der Waals surface area contributed by atoms with Crippen molar-refractivity contribution in [3.8, 4) is 16.9 Å². The molecule has 2 aromatic heterocycles. The third kappa shape index (κ3) is 2.43. The molecule has 19 heavy (non-hydrogen) atoms. The average Bonchev–Trinajstić information content (AvgIpc) is 3.10. The number of hydrogen-bond acceptors (Lipinski definition) is 5. The highest BCUT2D eigenvalue weighted by Gasteiger charge is 2.22. The number of rotatable bonds is 5. The molecule has 1 aliphatic rings. The van der Waals surface area contributed by atoms with Crippen molar-refractivity contribution in [3.63, 3.8) is 0 Å². The van der Waals surface area contributed by atoms with Crippen LogP contribution in [0.4, 0.5) is 5.82 Å². The van der Waals surface area contributed by atoms with Gasteiger partial charge in [0.15, 0.2) is 11.6 Å². The van der Waals surface area contributed by atoms with Gasteiger partial charge in [-0.1, -0.05) is 0 Å². The van der Waals surface area contributed by atoms with Crippen molar-refractivity contribution in [3.05, 3.63) is 28.6 Å². The largest absolute Gasteiger partial charge is 0.489 e. The van der Waals surface area contributed by atoms with Crippen LogP contribution in [0.15, 0.2) is 23.0 Å². The topological polar surface area (TPSA) is 43.4 Å². The van der Waals surface area contributed by atoms with Crippen LogP contribution in [0.2, 0.25) is 0 Å². The maximum atomic E-state index is 5.74. The summed E-state index contributed by atoms with van der Waals surface area (Å²) in [6, 6.07) is 2.12. The van der Waals surface area contributed by atoms with Gasteiger partial charge in [-0.25, -0.2) is 4.98 Å². The van der Waals surface area contributed by atoms with E-state index in [0.29, 0.717) is 6.61 Å². The molecule has 0 bridgehead atoms. The van der Waals surface area contributed by atoms with E-state index in [1.165, 1.54) is 16.7 Å². The third-order valence-electron chi connectivity index (χ3n) is 3.17. The van der Waals surface area contributed by atoms with E-state index in [1.54, 1.807) is 18.4 Å². The molecule has 0 saturated carbocycles. The first kappa shape index (κ1) is 12.4. The van der Waals surface area contributed by atoms with Gasteiger partial charge in [0.05, 0.1) is 13.2 Å². The Balaban J connectivity index is 1.92. The molecule has 0 aromatic carbocycles. The summed E-state index contributed by atoms with van der Waals surface area (Å²) in [6.45, 7) is 2.12. The molecule has 4 nitrogen and oxygen atoms in total. The standard InChI is InChI=1S/C14H16N2O2S/c1-17-6-4-15-14-13-11(2-5-18-13)12(8-16-14)10-3-7-19-9-10/h3,7-9H,2,4-6H2,1H3,(H,15,16). The number of fused-ring (bicyclic) bond motifs is 1. The Labute approximate surface area is 116 Å². The van der Waals surface area contributed by atoms with Crippen LogP contribution >= 0.6 is 11.3 Å². The van der Waals surface area contributed by atoms with Crippen LogP contribution < -0.4 is 10.1 Å². The van der Waals surface area contributed by atoms with E-state index in [-0.39, 0.29) is 0 Å². The van der Waals surface area contributed by atoms with Crippen molar-refractivity contribution >= 4 is 17.2 Å². The van der Waals surface area contributed by atoms with Gasteiger partial charge in [-0.2, -0.15) is 11.3 Å². The highest BCUT2D eigenvalue weighted by atomic mass is 32.1. The van der Waals surface area contributed by atoms with E-state index < -0.39 is 0 Å². The van der Waals surface area contributed by atoms with Crippen molar-refractivity contribution in [1.29, 1.82) is 0 Å². The number of pyridine rings is 1. The second-order valence-corrected chi connectivity index (χ2v) is 5.14. The predicted molar refractivity (Wildman–Crippen MR) is 77.1 cm³/mol. The van der Waals surface area contributed by atoms with E-state index in [1.807, 2.05) is 6.20 Å². The molecule has 0 saturated heterocycles. The Morgan fingerprint density at radius 3 is 3.26 bits per heavy atom. The zero-order valence-corrected chi connectivity index (χ0v) is 11.6. The van der Waals surface area contributed by atoms with E-state index in [2.05, 4.69) is 27.1 Å². The highest BCUT2D eigenvalue weighted by Crippen LogP contribution is 2.39. The quantitative estimate of drug-likeness (QED) is 0.853. The molecule has 100 valence electrons. The van der Waals surface area contributed by atoms with Gasteiger partial charge in [0.1, 0.15) is 0 Å². The molecule has 2 aromatic rings. The lowest BCUT2D eigenvalue weighted by Gasteiger charge is -2.11. The third-order valence-corrected chi connectivity index (χ3v) is 3.85. The molecule has 0 spiro atoms. The zero-order valence-electron chi connectivity index (χ0n) is 10.8. The van der Waals surface area contributed by atoms with Crippen LogP contribution in [-0.4, -0.2) is 31.9 Å². The Morgan fingerprint density at radius 2 is 2.47 bits per heavy atom. The first-order valence-electron chi connectivity index (χ1n) is 6.30. The van der Waals surface area contributed by atoms with Crippen molar-refractivity contribution < 1.29 is 9.47 Å². The number of methoxy groups -OCH3 is 1. The fraction of sp³-hybridized carbons (Fsp3) is 0.357. The van der Waals surface area contributed by atoms with Gasteiger partial charge in [0.2, 0.25) is 0 Å². The maximum Gasteiger partial charge on any atom is 0.169 e. The lowest BCUT2D eigenvalue weighted by molar-refractivity contribution is 0.210. The SMILES string of the molecule is COCCNc1ncc(-c2ccsc2)c2c1OCC2. The molecule has 0 fully saturated rings. The number of thiophene rings is 1. The van der Waals surface area contributed by atoms with Gasteiger partial charge in [-0.15, -0.1) is 0 Å². The van der Waals surface area contributed by atoms with Crippen LogP contribution in [0.3, 0.4) is 0 Å². The van der Waals surface area contributed by atoms with Crippen LogP contribution in [0.1, 0.15) is 5.56 Å². The first-order valence-corrected chi connectivity index (χ1v) is 7.24. The molecule has 1 N–H and O–H groups in total. The lowest BCUT2D eigenvalue weighted by Crippen LogP contribution is -2.09. The summed E-state index contributed by atoms with van der Waals surface area (Å²) in [6.07, 6.45) is 2.88. The average molecular weight is 276 g/mol. The van der Waals surface area contributed by atoms with E-state index >= 15 is 0 Å². The van der Waals surface area contributed by atoms with Crippen molar-refractivity contribution in [2.75, 3.05) is 32.2 Å². The smallest absolute Gasteiger partial charge is 0.169 e. The van der Waals surface area contributed by atoms with Crippen LogP contribution in [-0.2, 0) is 11.2 Å². The number of nitrogens with zero attached hydrogens (tertiary/aromatic N) is 1. The van der Waals surface area contributed by atoms with Gasteiger partial charge in [-0.3, -0.25) is 0 Å². The number of aromatic nitrogens is 1. The Bertz CT molecular complexity index is 555. The molecular formula is C14H16N2O2S. The number of anilines is 1. The Morgan fingerprint density at radius 1 is 1.53 bits per heavy atom. The summed E-state index contributed by atoms with van der Waals surface area (Å²) < 4.78 is 10.8. The van der Waals surface area contributed by atoms with Gasteiger partial charge < -0.3 is 14.8 Å². The molecule has 0 radical (unpaired) electrons. The summed E-state index contributed by atoms with van der Waals surface area (Å²) >= 11 is 1.70. The monoisotopic (exact) mass is 276 g/mol. The van der Waals surface area contributed by atoms with Gasteiger partial charge in [0.25, 0.3) is 0 Å². The summed E-state index contributed by atoms with van der Waals surface area (Å²) in [5.74, 6) is 1.73. The summed E-state index contributed by atoms with van der Waals surface area (Å²) in [5, 5.41) is 7.49. The molecule has 3 rings (SSSR count). The second-order valence-electron chi connectivity index (χ2n) is 4.36. The van der Waals surface area contributed by atoms with Gasteiger partial charge >= 0.3 is 0 Å². The van der Waals surface area contributed by atoms with Crippen LogP contribution in [0.25, 0.3) is 11.1 Å². The summed E-state index contributed by atoms with van der Waals surface area (Å²) in [5.41, 5.74) is 3.67. The number of hydrogen-bond donors (Lipinski definition) is 1. The van der Waals surface area contributed by atoms with Crippen molar-refractivity contribution in [2.24, 2.45) is 0 Å². The molecule has 5 heteroatoms. The molecule has 0 atom stereocenters.